The van der Waals surface area contributed by atoms with Crippen molar-refractivity contribution in [3.05, 3.63) is 87.7 Å². The number of nitrogens with zero attached hydrogens (tertiary/aromatic N) is 6. The van der Waals surface area contributed by atoms with E-state index in [-0.39, 0.29) is 16.5 Å². The summed E-state index contributed by atoms with van der Waals surface area (Å²) in [6.45, 7) is 1.95. The van der Waals surface area contributed by atoms with Crippen molar-refractivity contribution in [2.24, 2.45) is 0 Å². The van der Waals surface area contributed by atoms with Crippen LogP contribution in [0.3, 0.4) is 0 Å². The van der Waals surface area contributed by atoms with Crippen LogP contribution in [0.25, 0.3) is 5.65 Å². The van der Waals surface area contributed by atoms with Crippen LogP contribution in [0.5, 0.6) is 0 Å². The monoisotopic (exact) mass is 420 g/mol. The molecule has 0 saturated carbocycles. The van der Waals surface area contributed by atoms with E-state index in [2.05, 4.69) is 20.2 Å². The summed E-state index contributed by atoms with van der Waals surface area (Å²) in [6, 6.07) is 15.6. The molecule has 5 rings (SSSR count). The molecule has 8 heteroatoms. The Labute approximate surface area is 178 Å². The van der Waals surface area contributed by atoms with Crippen molar-refractivity contribution >= 4 is 22.9 Å². The Kier molecular flexibility index (Phi) is 4.96. The molecule has 0 spiro atoms. The fraction of sp³-hybridized carbons (Fsp3) is 0.273. The van der Waals surface area contributed by atoms with Gasteiger partial charge >= 0.3 is 0 Å². The Morgan fingerprint density at radius 3 is 2.77 bits per heavy atom. The molecule has 1 fully saturated rings. The first-order valence-corrected chi connectivity index (χ1v) is 10.4. The second kappa shape index (κ2) is 7.91. The molecular weight excluding hydrogens is 400 g/mol. The van der Waals surface area contributed by atoms with Gasteiger partial charge in [0.1, 0.15) is 10.8 Å². The smallest absolute Gasteiger partial charge is 0.287 e. The highest BCUT2D eigenvalue weighted by Gasteiger charge is 2.27. The van der Waals surface area contributed by atoms with E-state index in [1.54, 1.807) is 6.20 Å². The first-order valence-electron chi connectivity index (χ1n) is 10.0. The Hall–Kier alpha value is -3.19. The summed E-state index contributed by atoms with van der Waals surface area (Å²) in [5.74, 6) is 1.15. The summed E-state index contributed by atoms with van der Waals surface area (Å²) < 4.78 is 3.44. The highest BCUT2D eigenvalue weighted by Crippen LogP contribution is 2.31. The molecule has 4 aromatic rings. The van der Waals surface area contributed by atoms with Crippen molar-refractivity contribution in [1.29, 1.82) is 0 Å². The molecule has 1 aliphatic heterocycles. The molecule has 3 aromatic heterocycles. The number of fused-ring (bicyclic) bond motifs is 1. The fourth-order valence-corrected chi connectivity index (χ4v) is 4.36. The van der Waals surface area contributed by atoms with E-state index < -0.39 is 0 Å². The fourth-order valence-electron chi connectivity index (χ4n) is 4.09. The predicted octanol–water partition coefficient (Wildman–Crippen LogP) is 3.37. The first kappa shape index (κ1) is 18.8. The highest BCUT2D eigenvalue weighted by molar-refractivity contribution is 6.33. The number of pyridine rings is 1. The summed E-state index contributed by atoms with van der Waals surface area (Å²) in [4.78, 5) is 15.0. The molecular formula is C22H21ClN6O. The van der Waals surface area contributed by atoms with Crippen molar-refractivity contribution in [3.63, 3.8) is 0 Å². The number of benzene rings is 1. The normalized spacial score (nSPS) is 16.8. The zero-order valence-electron chi connectivity index (χ0n) is 16.4. The van der Waals surface area contributed by atoms with Gasteiger partial charge in [-0.1, -0.05) is 48.0 Å². The van der Waals surface area contributed by atoms with Crippen molar-refractivity contribution in [3.8, 4) is 0 Å². The van der Waals surface area contributed by atoms with E-state index in [9.17, 15) is 4.79 Å². The Morgan fingerprint density at radius 1 is 1.07 bits per heavy atom. The summed E-state index contributed by atoms with van der Waals surface area (Å²) in [5, 5.41) is 13.3. The molecule has 0 amide bonds. The molecule has 0 radical (unpaired) electrons. The second-order valence-corrected chi connectivity index (χ2v) is 7.94. The largest absolute Gasteiger partial charge is 0.368 e. The lowest BCUT2D eigenvalue weighted by molar-refractivity contribution is 0.486. The van der Waals surface area contributed by atoms with Crippen LogP contribution < -0.4 is 10.5 Å². The van der Waals surface area contributed by atoms with Gasteiger partial charge in [-0.15, -0.1) is 10.2 Å². The quantitative estimate of drug-likeness (QED) is 0.506. The first-order chi connectivity index (χ1) is 14.7. The molecule has 1 aromatic carbocycles. The average Bonchev–Trinajstić information content (AvgIpc) is 3.22. The summed E-state index contributed by atoms with van der Waals surface area (Å²) in [5.41, 5.74) is 2.26. The predicted molar refractivity (Wildman–Crippen MR) is 116 cm³/mol. The number of piperidine rings is 1. The standard InChI is InChI=1S/C22H21ClN6O/c23-20-18(13-24-29(22(20)30)14-16-7-2-1-3-8-16)27-11-6-9-17(15-27)21-26-25-19-10-4-5-12-28(19)21/h1-5,7-8,10,12-13,17H,6,9,11,14-15H2. The van der Waals surface area contributed by atoms with Crippen LogP contribution in [0.1, 0.15) is 30.1 Å². The Bertz CT molecular complexity index is 1240. The lowest BCUT2D eigenvalue weighted by Gasteiger charge is -2.33. The summed E-state index contributed by atoms with van der Waals surface area (Å²) >= 11 is 6.52. The van der Waals surface area contributed by atoms with Crippen LogP contribution in [0, 0.1) is 0 Å². The third kappa shape index (κ3) is 3.45. The molecule has 0 aliphatic carbocycles. The van der Waals surface area contributed by atoms with E-state index >= 15 is 0 Å². The minimum Gasteiger partial charge on any atom is -0.368 e. The maximum Gasteiger partial charge on any atom is 0.287 e. The van der Waals surface area contributed by atoms with Crippen molar-refractivity contribution in [1.82, 2.24) is 24.4 Å². The van der Waals surface area contributed by atoms with E-state index in [0.29, 0.717) is 12.2 Å². The Morgan fingerprint density at radius 2 is 1.90 bits per heavy atom. The number of hydrogen-bond donors (Lipinski definition) is 0. The molecule has 1 unspecified atom stereocenters. The number of rotatable bonds is 4. The van der Waals surface area contributed by atoms with Gasteiger partial charge in [-0.25, -0.2) is 4.68 Å². The van der Waals surface area contributed by atoms with Crippen LogP contribution in [-0.2, 0) is 6.54 Å². The van der Waals surface area contributed by atoms with Gasteiger partial charge in [0.05, 0.1) is 18.4 Å². The third-order valence-corrected chi connectivity index (χ3v) is 5.96. The summed E-state index contributed by atoms with van der Waals surface area (Å²) in [6.07, 6.45) is 5.69. The van der Waals surface area contributed by atoms with Gasteiger partial charge in [-0.05, 0) is 30.5 Å². The zero-order valence-corrected chi connectivity index (χ0v) is 17.1. The summed E-state index contributed by atoms with van der Waals surface area (Å²) in [7, 11) is 0. The molecule has 4 heterocycles. The molecule has 30 heavy (non-hydrogen) atoms. The lowest BCUT2D eigenvalue weighted by atomic mass is 9.97. The Balaban J connectivity index is 1.41. The molecule has 152 valence electrons. The van der Waals surface area contributed by atoms with Gasteiger partial charge < -0.3 is 4.90 Å². The highest BCUT2D eigenvalue weighted by atomic mass is 35.5. The van der Waals surface area contributed by atoms with E-state index in [0.717, 1.165) is 43.0 Å². The van der Waals surface area contributed by atoms with Gasteiger partial charge in [0.2, 0.25) is 0 Å². The SMILES string of the molecule is O=c1c(Cl)c(N2CCCC(c3nnc4ccccn34)C2)cnn1Cc1ccccc1. The van der Waals surface area contributed by atoms with Gasteiger partial charge in [-0.2, -0.15) is 5.10 Å². The number of aromatic nitrogens is 5. The molecule has 1 atom stereocenters. The van der Waals surface area contributed by atoms with Crippen molar-refractivity contribution < 1.29 is 0 Å². The molecule has 7 nitrogen and oxygen atoms in total. The average molecular weight is 421 g/mol. The number of halogens is 1. The number of anilines is 1. The zero-order chi connectivity index (χ0) is 20.5. The maximum atomic E-state index is 12.8. The van der Waals surface area contributed by atoms with E-state index in [1.165, 1.54) is 4.68 Å². The van der Waals surface area contributed by atoms with Crippen molar-refractivity contribution in [2.75, 3.05) is 18.0 Å². The van der Waals surface area contributed by atoms with Gasteiger partial charge in [0.15, 0.2) is 5.65 Å². The maximum absolute atomic E-state index is 12.8. The molecule has 0 N–H and O–H groups in total. The molecule has 1 saturated heterocycles. The number of hydrogen-bond acceptors (Lipinski definition) is 5. The molecule has 0 bridgehead atoms. The molecule has 1 aliphatic rings. The van der Waals surface area contributed by atoms with E-state index in [1.807, 2.05) is 59.1 Å². The van der Waals surface area contributed by atoms with E-state index in [4.69, 9.17) is 11.6 Å². The van der Waals surface area contributed by atoms with Gasteiger partial charge in [0, 0.05) is 25.2 Å². The third-order valence-electron chi connectivity index (χ3n) is 5.61. The minimum atomic E-state index is -0.270. The van der Waals surface area contributed by atoms with Gasteiger partial charge in [-0.3, -0.25) is 9.20 Å². The van der Waals surface area contributed by atoms with Crippen LogP contribution >= 0.6 is 11.6 Å². The van der Waals surface area contributed by atoms with Crippen molar-refractivity contribution in [2.45, 2.75) is 25.3 Å². The van der Waals surface area contributed by atoms with Crippen LogP contribution in [-0.4, -0.2) is 37.5 Å². The van der Waals surface area contributed by atoms with Crippen LogP contribution in [0.15, 0.2) is 65.7 Å². The van der Waals surface area contributed by atoms with Gasteiger partial charge in [0.25, 0.3) is 5.56 Å². The topological polar surface area (TPSA) is 68.3 Å². The second-order valence-electron chi connectivity index (χ2n) is 7.56. The minimum absolute atomic E-state index is 0.207. The van der Waals surface area contributed by atoms with Crippen LogP contribution in [0.2, 0.25) is 5.02 Å². The van der Waals surface area contributed by atoms with Crippen LogP contribution in [0.4, 0.5) is 5.69 Å². The lowest BCUT2D eigenvalue weighted by Crippen LogP contribution is -2.37.